The molecule has 1 aliphatic heterocycles. The number of nitrogens with zero attached hydrogens (tertiary/aromatic N) is 1. The molecule has 0 saturated heterocycles. The van der Waals surface area contributed by atoms with E-state index in [1.807, 2.05) is 0 Å². The Morgan fingerprint density at radius 2 is 2.33 bits per heavy atom. The topological polar surface area (TPSA) is 3.24 Å². The summed E-state index contributed by atoms with van der Waals surface area (Å²) in [4.78, 5) is 2.31. The van der Waals surface area contributed by atoms with Gasteiger partial charge in [0.05, 0.1) is 0 Å². The van der Waals surface area contributed by atoms with Gasteiger partial charge in [-0.3, -0.25) is 0 Å². The molecule has 0 unspecified atom stereocenters. The van der Waals surface area contributed by atoms with Crippen LogP contribution in [0.15, 0.2) is 18.2 Å². The van der Waals surface area contributed by atoms with E-state index in [1.54, 1.807) is 0 Å². The van der Waals surface area contributed by atoms with Gasteiger partial charge in [0.25, 0.3) is 0 Å². The average Bonchev–Trinajstić information content (AvgIpc) is 2.47. The van der Waals surface area contributed by atoms with Gasteiger partial charge in [-0.2, -0.15) is 0 Å². The smallest absolute Gasteiger partial charge is 0.0397 e. The third-order valence-corrected chi connectivity index (χ3v) is 3.07. The van der Waals surface area contributed by atoms with Crippen LogP contribution in [0.5, 0.6) is 0 Å². The molecule has 0 spiro atoms. The van der Waals surface area contributed by atoms with Gasteiger partial charge < -0.3 is 4.90 Å². The largest absolute Gasteiger partial charge is 0.374 e. The van der Waals surface area contributed by atoms with Crippen LogP contribution < -0.4 is 4.90 Å². The van der Waals surface area contributed by atoms with Crippen molar-refractivity contribution in [3.8, 4) is 0 Å². The van der Waals surface area contributed by atoms with Crippen molar-refractivity contribution in [1.29, 1.82) is 0 Å². The van der Waals surface area contributed by atoms with Crippen LogP contribution in [0.25, 0.3) is 0 Å². The van der Waals surface area contributed by atoms with Crippen molar-refractivity contribution in [2.75, 3.05) is 18.5 Å². The lowest BCUT2D eigenvalue weighted by molar-refractivity contribution is 0.956. The molecule has 64 valence electrons. The van der Waals surface area contributed by atoms with Crippen molar-refractivity contribution >= 4 is 21.6 Å². The highest BCUT2D eigenvalue weighted by atomic mass is 79.9. The molecule has 1 heterocycles. The Bertz CT molecular complexity index is 296. The van der Waals surface area contributed by atoms with E-state index in [9.17, 15) is 0 Å². The molecule has 0 fully saturated rings. The standard InChI is InChI=1S/C10H12BrN/c1-12-5-4-9-6-8(7-11)2-3-10(9)12/h2-3,6H,4-5,7H2,1H3. The predicted molar refractivity (Wildman–Crippen MR) is 56.0 cm³/mol. The lowest BCUT2D eigenvalue weighted by Gasteiger charge is -2.11. The number of alkyl halides is 1. The minimum absolute atomic E-state index is 0.962. The number of hydrogen-bond donors (Lipinski definition) is 0. The molecule has 2 heteroatoms. The summed E-state index contributed by atoms with van der Waals surface area (Å²) >= 11 is 3.47. The van der Waals surface area contributed by atoms with E-state index in [0.29, 0.717) is 0 Å². The van der Waals surface area contributed by atoms with Crippen LogP contribution >= 0.6 is 15.9 Å². The maximum absolute atomic E-state index is 3.47. The van der Waals surface area contributed by atoms with Crippen LogP contribution in [-0.4, -0.2) is 13.6 Å². The van der Waals surface area contributed by atoms with E-state index >= 15 is 0 Å². The summed E-state index contributed by atoms with van der Waals surface area (Å²) in [6.07, 6.45) is 1.20. The van der Waals surface area contributed by atoms with Crippen LogP contribution in [0.2, 0.25) is 0 Å². The van der Waals surface area contributed by atoms with Gasteiger partial charge in [-0.1, -0.05) is 28.1 Å². The van der Waals surface area contributed by atoms with E-state index in [4.69, 9.17) is 0 Å². The second-order valence-corrected chi connectivity index (χ2v) is 3.83. The zero-order chi connectivity index (χ0) is 8.55. The van der Waals surface area contributed by atoms with Gasteiger partial charge in [-0.25, -0.2) is 0 Å². The van der Waals surface area contributed by atoms with Crippen LogP contribution in [0.4, 0.5) is 5.69 Å². The molecule has 1 aromatic rings. The van der Waals surface area contributed by atoms with E-state index in [1.165, 1.54) is 29.8 Å². The molecule has 12 heavy (non-hydrogen) atoms. The molecular formula is C10H12BrN. The maximum atomic E-state index is 3.47. The predicted octanol–water partition coefficient (Wildman–Crippen LogP) is 2.57. The van der Waals surface area contributed by atoms with Crippen molar-refractivity contribution in [2.24, 2.45) is 0 Å². The second-order valence-electron chi connectivity index (χ2n) is 3.27. The third-order valence-electron chi connectivity index (χ3n) is 2.43. The van der Waals surface area contributed by atoms with Crippen LogP contribution in [0.3, 0.4) is 0 Å². The van der Waals surface area contributed by atoms with E-state index in [0.717, 1.165) is 5.33 Å². The summed E-state index contributed by atoms with van der Waals surface area (Å²) in [7, 11) is 2.15. The number of fused-ring (bicyclic) bond motifs is 1. The number of halogens is 1. The van der Waals surface area contributed by atoms with Gasteiger partial charge in [-0.15, -0.1) is 0 Å². The monoisotopic (exact) mass is 225 g/mol. The molecule has 0 bridgehead atoms. The summed E-state index contributed by atoms with van der Waals surface area (Å²) in [6.45, 7) is 1.17. The Hall–Kier alpha value is -0.500. The molecule has 0 radical (unpaired) electrons. The first kappa shape index (κ1) is 8.11. The van der Waals surface area contributed by atoms with Crippen molar-refractivity contribution in [3.63, 3.8) is 0 Å². The summed E-state index contributed by atoms with van der Waals surface area (Å²) < 4.78 is 0. The molecule has 0 saturated carbocycles. The van der Waals surface area contributed by atoms with Gasteiger partial charge in [0, 0.05) is 24.6 Å². The Morgan fingerprint density at radius 3 is 3.08 bits per heavy atom. The minimum Gasteiger partial charge on any atom is -0.374 e. The molecule has 1 aliphatic rings. The van der Waals surface area contributed by atoms with Crippen LogP contribution in [0, 0.1) is 0 Å². The van der Waals surface area contributed by atoms with E-state index < -0.39 is 0 Å². The zero-order valence-electron chi connectivity index (χ0n) is 7.18. The van der Waals surface area contributed by atoms with Crippen LogP contribution in [-0.2, 0) is 11.8 Å². The van der Waals surface area contributed by atoms with Gasteiger partial charge >= 0.3 is 0 Å². The van der Waals surface area contributed by atoms with Crippen molar-refractivity contribution in [2.45, 2.75) is 11.8 Å². The fourth-order valence-corrected chi connectivity index (χ4v) is 2.05. The molecule has 2 rings (SSSR count). The highest BCUT2D eigenvalue weighted by molar-refractivity contribution is 9.08. The first-order valence-corrected chi connectivity index (χ1v) is 5.32. The highest BCUT2D eigenvalue weighted by Crippen LogP contribution is 2.27. The molecule has 1 nitrogen and oxygen atoms in total. The van der Waals surface area contributed by atoms with Gasteiger partial charge in [0.15, 0.2) is 0 Å². The molecule has 0 atom stereocenters. The second kappa shape index (κ2) is 3.09. The van der Waals surface area contributed by atoms with E-state index in [2.05, 4.69) is 46.1 Å². The molecule has 1 aromatic carbocycles. The lowest BCUT2D eigenvalue weighted by Crippen LogP contribution is -2.12. The van der Waals surface area contributed by atoms with Gasteiger partial charge in [0.1, 0.15) is 0 Å². The third kappa shape index (κ3) is 1.24. The SMILES string of the molecule is CN1CCc2cc(CBr)ccc21. The van der Waals surface area contributed by atoms with Crippen molar-refractivity contribution < 1.29 is 0 Å². The van der Waals surface area contributed by atoms with Gasteiger partial charge in [-0.05, 0) is 23.6 Å². The Kier molecular flexibility index (Phi) is 2.09. The number of hydrogen-bond acceptors (Lipinski definition) is 1. The molecule has 0 aliphatic carbocycles. The fraction of sp³-hybridized carbons (Fsp3) is 0.400. The minimum atomic E-state index is 0.962. The highest BCUT2D eigenvalue weighted by Gasteiger charge is 2.14. The number of benzene rings is 1. The fourth-order valence-electron chi connectivity index (χ4n) is 1.70. The lowest BCUT2D eigenvalue weighted by atomic mass is 10.1. The summed E-state index contributed by atoms with van der Waals surface area (Å²) in [5.41, 5.74) is 4.28. The van der Waals surface area contributed by atoms with Crippen LogP contribution in [0.1, 0.15) is 11.1 Å². The summed E-state index contributed by atoms with van der Waals surface area (Å²) in [5.74, 6) is 0. The first-order chi connectivity index (χ1) is 5.81. The molecular weight excluding hydrogens is 214 g/mol. The van der Waals surface area contributed by atoms with Gasteiger partial charge in [0.2, 0.25) is 0 Å². The molecule has 0 amide bonds. The van der Waals surface area contributed by atoms with Crippen molar-refractivity contribution in [1.82, 2.24) is 0 Å². The number of anilines is 1. The summed E-state index contributed by atoms with van der Waals surface area (Å²) in [6, 6.07) is 6.71. The normalized spacial score (nSPS) is 15.0. The number of rotatable bonds is 1. The Balaban J connectivity index is 2.41. The number of likely N-dealkylation sites (N-methyl/N-ethyl adjacent to an activating group) is 1. The van der Waals surface area contributed by atoms with Crippen molar-refractivity contribution in [3.05, 3.63) is 29.3 Å². The summed E-state index contributed by atoms with van der Waals surface area (Å²) in [5, 5.41) is 0.962. The first-order valence-electron chi connectivity index (χ1n) is 4.20. The molecule has 0 aromatic heterocycles. The zero-order valence-corrected chi connectivity index (χ0v) is 8.76. The average molecular weight is 226 g/mol. The maximum Gasteiger partial charge on any atom is 0.0397 e. The quantitative estimate of drug-likeness (QED) is 0.665. The molecule has 0 N–H and O–H groups in total. The Labute approximate surface area is 81.5 Å². The Morgan fingerprint density at radius 1 is 1.50 bits per heavy atom. The van der Waals surface area contributed by atoms with E-state index in [-0.39, 0.29) is 0 Å².